The number of carbonyl (C=O) groups excluding carboxylic acids is 1. The fraction of sp³-hybridized carbons (Fsp3) is 0.571. The number of carboxylic acid groups (broad SMARTS) is 1. The zero-order valence-electron chi connectivity index (χ0n) is 12.1. The average Bonchev–Trinajstić information content (AvgIpc) is 2.73. The van der Waals surface area contributed by atoms with Crippen LogP contribution in [-0.4, -0.2) is 51.3 Å². The summed E-state index contributed by atoms with van der Waals surface area (Å²) in [6.45, 7) is 2.23. The number of aliphatic hydroxyl groups is 1. The molecule has 4 N–H and O–H groups in total. The molecule has 7 heteroatoms. The van der Waals surface area contributed by atoms with Gasteiger partial charge in [-0.05, 0) is 38.7 Å². The fourth-order valence-electron chi connectivity index (χ4n) is 2.43. The predicted molar refractivity (Wildman–Crippen MR) is 77.6 cm³/mol. The number of aryl methyl sites for hydroxylation is 1. The van der Waals surface area contributed by atoms with Crippen molar-refractivity contribution < 1.29 is 19.8 Å². The Morgan fingerprint density at radius 1 is 1.48 bits per heavy atom. The third kappa shape index (κ3) is 3.55. The summed E-state index contributed by atoms with van der Waals surface area (Å²) in [6.07, 6.45) is 3.52. The molecule has 0 aromatic carbocycles. The van der Waals surface area contributed by atoms with Crippen molar-refractivity contribution in [1.82, 2.24) is 9.88 Å². The van der Waals surface area contributed by atoms with E-state index in [1.165, 1.54) is 0 Å². The van der Waals surface area contributed by atoms with Gasteiger partial charge in [0.15, 0.2) is 0 Å². The molecule has 0 atom stereocenters. The molecule has 1 heterocycles. The molecule has 0 spiro atoms. The number of anilines is 1. The van der Waals surface area contributed by atoms with Crippen LogP contribution in [0.25, 0.3) is 0 Å². The first kappa shape index (κ1) is 15.4. The first-order valence-corrected chi connectivity index (χ1v) is 7.14. The molecule has 116 valence electrons. The molecule has 2 rings (SSSR count). The number of aromatic amines is 1. The number of rotatable bonds is 6. The van der Waals surface area contributed by atoms with Gasteiger partial charge in [-0.3, -0.25) is 0 Å². The van der Waals surface area contributed by atoms with Crippen molar-refractivity contribution in [3.8, 4) is 0 Å². The van der Waals surface area contributed by atoms with Crippen molar-refractivity contribution in [1.29, 1.82) is 0 Å². The SMILES string of the molecule is Cc1cc(NC(=O)N(CCCO)C2CCC2)c(C(=O)O)[nH]1. The Kier molecular flexibility index (Phi) is 4.85. The monoisotopic (exact) mass is 295 g/mol. The summed E-state index contributed by atoms with van der Waals surface area (Å²) in [7, 11) is 0. The molecule has 1 aromatic rings. The van der Waals surface area contributed by atoms with E-state index in [-0.39, 0.29) is 30.1 Å². The lowest BCUT2D eigenvalue weighted by Gasteiger charge is -2.37. The zero-order valence-corrected chi connectivity index (χ0v) is 12.1. The first-order chi connectivity index (χ1) is 10.0. The highest BCUT2D eigenvalue weighted by molar-refractivity contribution is 5.99. The number of urea groups is 1. The molecule has 7 nitrogen and oxygen atoms in total. The van der Waals surface area contributed by atoms with E-state index >= 15 is 0 Å². The van der Waals surface area contributed by atoms with Crippen LogP contribution in [0.4, 0.5) is 10.5 Å². The van der Waals surface area contributed by atoms with Crippen molar-refractivity contribution in [2.75, 3.05) is 18.5 Å². The minimum atomic E-state index is -1.11. The summed E-state index contributed by atoms with van der Waals surface area (Å²) in [6, 6.07) is 1.48. The van der Waals surface area contributed by atoms with E-state index in [0.717, 1.165) is 19.3 Å². The van der Waals surface area contributed by atoms with Crippen LogP contribution in [0.1, 0.15) is 41.9 Å². The highest BCUT2D eigenvalue weighted by Crippen LogP contribution is 2.26. The number of aliphatic hydroxyl groups excluding tert-OH is 1. The van der Waals surface area contributed by atoms with Crippen LogP contribution >= 0.6 is 0 Å². The lowest BCUT2D eigenvalue weighted by atomic mass is 9.91. The lowest BCUT2D eigenvalue weighted by Crippen LogP contribution is -2.47. The maximum absolute atomic E-state index is 12.4. The maximum Gasteiger partial charge on any atom is 0.354 e. The van der Waals surface area contributed by atoms with Gasteiger partial charge in [-0.2, -0.15) is 0 Å². The molecule has 2 amide bonds. The zero-order chi connectivity index (χ0) is 15.4. The van der Waals surface area contributed by atoms with Crippen LogP contribution in [0.3, 0.4) is 0 Å². The van der Waals surface area contributed by atoms with Crippen LogP contribution < -0.4 is 5.32 Å². The van der Waals surface area contributed by atoms with E-state index in [1.807, 2.05) is 0 Å². The van der Waals surface area contributed by atoms with E-state index in [1.54, 1.807) is 17.9 Å². The van der Waals surface area contributed by atoms with Gasteiger partial charge in [0, 0.05) is 24.9 Å². The molecule has 0 aliphatic heterocycles. The molecule has 0 bridgehead atoms. The third-order valence-electron chi connectivity index (χ3n) is 3.74. The molecule has 0 saturated heterocycles. The predicted octanol–water partition coefficient (Wildman–Crippen LogP) is 1.79. The van der Waals surface area contributed by atoms with Gasteiger partial charge in [0.1, 0.15) is 5.69 Å². The largest absolute Gasteiger partial charge is 0.477 e. The Balaban J connectivity index is 2.08. The second kappa shape index (κ2) is 6.62. The number of hydrogen-bond acceptors (Lipinski definition) is 3. The van der Waals surface area contributed by atoms with Gasteiger partial charge in [-0.15, -0.1) is 0 Å². The van der Waals surface area contributed by atoms with E-state index < -0.39 is 5.97 Å². The summed E-state index contributed by atoms with van der Waals surface area (Å²) in [4.78, 5) is 27.9. The molecule has 1 aromatic heterocycles. The van der Waals surface area contributed by atoms with Gasteiger partial charge in [-0.25, -0.2) is 9.59 Å². The van der Waals surface area contributed by atoms with Crippen LogP contribution in [0.15, 0.2) is 6.07 Å². The summed E-state index contributed by atoms with van der Waals surface area (Å²) >= 11 is 0. The molecular weight excluding hydrogens is 274 g/mol. The van der Waals surface area contributed by atoms with Crippen LogP contribution in [0.2, 0.25) is 0 Å². The van der Waals surface area contributed by atoms with Crippen LogP contribution in [0, 0.1) is 6.92 Å². The smallest absolute Gasteiger partial charge is 0.354 e. The molecule has 1 aliphatic rings. The number of carbonyl (C=O) groups is 2. The minimum absolute atomic E-state index is 0.0171. The molecule has 1 fully saturated rings. The molecule has 0 unspecified atom stereocenters. The van der Waals surface area contributed by atoms with Gasteiger partial charge in [0.05, 0.1) is 5.69 Å². The minimum Gasteiger partial charge on any atom is -0.477 e. The van der Waals surface area contributed by atoms with Crippen molar-refractivity contribution in [2.45, 2.75) is 38.6 Å². The molecular formula is C14H21N3O4. The fourth-order valence-corrected chi connectivity index (χ4v) is 2.43. The van der Waals surface area contributed by atoms with E-state index in [0.29, 0.717) is 18.7 Å². The number of nitrogens with zero attached hydrogens (tertiary/aromatic N) is 1. The van der Waals surface area contributed by atoms with Crippen LogP contribution in [0.5, 0.6) is 0 Å². The Hall–Kier alpha value is -2.02. The Morgan fingerprint density at radius 3 is 2.71 bits per heavy atom. The third-order valence-corrected chi connectivity index (χ3v) is 3.74. The maximum atomic E-state index is 12.4. The number of carboxylic acids is 1. The standard InChI is InChI=1S/C14H21N3O4/c1-9-8-11(12(15-9)13(19)20)16-14(21)17(6-3-7-18)10-4-2-5-10/h8,10,15,18H,2-7H2,1H3,(H,16,21)(H,19,20). The molecule has 1 saturated carbocycles. The molecule has 0 radical (unpaired) electrons. The van der Waals surface area contributed by atoms with E-state index in [2.05, 4.69) is 10.3 Å². The van der Waals surface area contributed by atoms with Gasteiger partial charge in [0.2, 0.25) is 0 Å². The topological polar surface area (TPSA) is 106 Å². The van der Waals surface area contributed by atoms with Crippen molar-refractivity contribution in [2.24, 2.45) is 0 Å². The van der Waals surface area contributed by atoms with Gasteiger partial charge < -0.3 is 25.4 Å². The highest BCUT2D eigenvalue weighted by Gasteiger charge is 2.29. The Bertz CT molecular complexity index is 522. The summed E-state index contributed by atoms with van der Waals surface area (Å²) in [5.74, 6) is -1.11. The van der Waals surface area contributed by atoms with Crippen LogP contribution in [-0.2, 0) is 0 Å². The number of H-pyrrole nitrogens is 1. The number of hydrogen-bond donors (Lipinski definition) is 4. The molecule has 1 aliphatic carbocycles. The quantitative estimate of drug-likeness (QED) is 0.642. The van der Waals surface area contributed by atoms with Gasteiger partial charge >= 0.3 is 12.0 Å². The van der Waals surface area contributed by atoms with Crippen molar-refractivity contribution in [3.05, 3.63) is 17.5 Å². The Labute approximate surface area is 123 Å². The highest BCUT2D eigenvalue weighted by atomic mass is 16.4. The number of aromatic carboxylic acids is 1. The second-order valence-corrected chi connectivity index (χ2v) is 5.33. The first-order valence-electron chi connectivity index (χ1n) is 7.14. The Morgan fingerprint density at radius 2 is 2.19 bits per heavy atom. The van der Waals surface area contributed by atoms with Gasteiger partial charge in [0.25, 0.3) is 0 Å². The lowest BCUT2D eigenvalue weighted by molar-refractivity contribution is 0.0692. The number of amides is 2. The van der Waals surface area contributed by atoms with Crippen molar-refractivity contribution in [3.63, 3.8) is 0 Å². The van der Waals surface area contributed by atoms with E-state index in [4.69, 9.17) is 10.2 Å². The van der Waals surface area contributed by atoms with Crippen molar-refractivity contribution >= 4 is 17.7 Å². The summed E-state index contributed by atoms with van der Waals surface area (Å²) < 4.78 is 0. The average molecular weight is 295 g/mol. The number of aromatic nitrogens is 1. The van der Waals surface area contributed by atoms with Gasteiger partial charge in [-0.1, -0.05) is 0 Å². The summed E-state index contributed by atoms with van der Waals surface area (Å²) in [5.41, 5.74) is 0.933. The number of nitrogens with one attached hydrogen (secondary N) is 2. The normalized spacial score (nSPS) is 14.6. The second-order valence-electron chi connectivity index (χ2n) is 5.33. The summed E-state index contributed by atoms with van der Waals surface area (Å²) in [5, 5.41) is 20.7. The van der Waals surface area contributed by atoms with E-state index in [9.17, 15) is 9.59 Å². The molecule has 21 heavy (non-hydrogen) atoms.